The van der Waals surface area contributed by atoms with Gasteiger partial charge < -0.3 is 4.74 Å². The van der Waals surface area contributed by atoms with E-state index in [1.54, 1.807) is 19.1 Å². The Morgan fingerprint density at radius 1 is 1.23 bits per heavy atom. The molecule has 0 bridgehead atoms. The van der Waals surface area contributed by atoms with Crippen LogP contribution in [0.4, 0.5) is 4.39 Å². The van der Waals surface area contributed by atoms with Gasteiger partial charge in [0.15, 0.2) is 17.4 Å². The zero-order chi connectivity index (χ0) is 22.0. The summed E-state index contributed by atoms with van der Waals surface area (Å²) in [6, 6.07) is 12.3. The van der Waals surface area contributed by atoms with Crippen molar-refractivity contribution in [3.8, 4) is 11.6 Å². The lowest BCUT2D eigenvalue weighted by Gasteiger charge is -2.23. The van der Waals surface area contributed by atoms with Crippen LogP contribution in [0.5, 0.6) is 11.6 Å². The van der Waals surface area contributed by atoms with Gasteiger partial charge in [0.05, 0.1) is 28.9 Å². The van der Waals surface area contributed by atoms with Gasteiger partial charge in [-0.3, -0.25) is 9.83 Å². The van der Waals surface area contributed by atoms with E-state index in [2.05, 4.69) is 50.7 Å². The van der Waals surface area contributed by atoms with Crippen LogP contribution in [0.2, 0.25) is 5.02 Å². The van der Waals surface area contributed by atoms with Crippen LogP contribution < -0.4 is 10.2 Å². The van der Waals surface area contributed by atoms with Crippen molar-refractivity contribution < 1.29 is 14.0 Å². The van der Waals surface area contributed by atoms with Crippen molar-refractivity contribution in [3.63, 3.8) is 0 Å². The topological polar surface area (TPSA) is 68.6 Å². The van der Waals surface area contributed by atoms with Crippen LogP contribution in [-0.4, -0.2) is 28.7 Å². The van der Waals surface area contributed by atoms with E-state index in [1.165, 1.54) is 23.3 Å². The fraction of sp³-hybridized carbons (Fsp3) is 0.227. The van der Waals surface area contributed by atoms with Crippen LogP contribution in [0.3, 0.4) is 0 Å². The van der Waals surface area contributed by atoms with E-state index in [9.17, 15) is 4.39 Å². The monoisotopic (exact) mass is 504 g/mol. The van der Waals surface area contributed by atoms with Crippen molar-refractivity contribution >= 4 is 33.4 Å². The van der Waals surface area contributed by atoms with Crippen LogP contribution in [-0.2, 0) is 11.3 Å². The predicted octanol–water partition coefficient (Wildman–Crippen LogP) is 5.33. The van der Waals surface area contributed by atoms with Gasteiger partial charge >= 0.3 is 0 Å². The van der Waals surface area contributed by atoms with Gasteiger partial charge in [-0.15, -0.1) is 5.10 Å². The average Bonchev–Trinajstić information content (AvgIpc) is 2.75. The van der Waals surface area contributed by atoms with Crippen molar-refractivity contribution in [1.29, 1.82) is 0 Å². The first-order valence-corrected chi connectivity index (χ1v) is 10.7. The van der Waals surface area contributed by atoms with Gasteiger partial charge in [0.25, 0.3) is 0 Å². The third-order valence-corrected chi connectivity index (χ3v) is 5.56. The van der Waals surface area contributed by atoms with E-state index in [1.807, 2.05) is 6.07 Å². The Labute approximate surface area is 192 Å². The Bertz CT molecular complexity index is 1160. The fourth-order valence-corrected chi connectivity index (χ4v) is 3.85. The quantitative estimate of drug-likeness (QED) is 0.507. The minimum absolute atomic E-state index is 0.0412. The highest BCUT2D eigenvalue weighted by atomic mass is 79.9. The van der Waals surface area contributed by atoms with E-state index in [0.717, 1.165) is 4.47 Å². The van der Waals surface area contributed by atoms with Crippen molar-refractivity contribution in [3.05, 3.63) is 80.2 Å². The van der Waals surface area contributed by atoms with E-state index in [-0.39, 0.29) is 22.7 Å². The summed E-state index contributed by atoms with van der Waals surface area (Å²) < 4.78 is 21.1. The number of nitrogens with one attached hydrogen (secondary N) is 1. The Morgan fingerprint density at radius 2 is 2.06 bits per heavy atom. The molecule has 1 aliphatic rings. The summed E-state index contributed by atoms with van der Waals surface area (Å²) >= 11 is 9.35. The minimum atomic E-state index is -0.670. The maximum Gasteiger partial charge on any atom is 0.250 e. The molecule has 0 saturated heterocycles. The summed E-state index contributed by atoms with van der Waals surface area (Å²) in [6.45, 7) is 4.27. The van der Waals surface area contributed by atoms with E-state index in [4.69, 9.17) is 26.2 Å². The number of hydrogen-bond donors (Lipinski definition) is 1. The number of halogens is 3. The largest absolute Gasteiger partial charge is 0.434 e. The van der Waals surface area contributed by atoms with Crippen molar-refractivity contribution in [2.75, 3.05) is 6.61 Å². The van der Waals surface area contributed by atoms with Gasteiger partial charge in [0, 0.05) is 4.47 Å². The maximum absolute atomic E-state index is 14.3. The number of rotatable bonds is 5. The third-order valence-electron chi connectivity index (χ3n) is 4.78. The highest BCUT2D eigenvalue weighted by molar-refractivity contribution is 9.10. The summed E-state index contributed by atoms with van der Waals surface area (Å²) in [7, 11) is 0. The second kappa shape index (κ2) is 9.30. The summed E-state index contributed by atoms with van der Waals surface area (Å²) in [4.78, 5) is 10.4. The summed E-state index contributed by atoms with van der Waals surface area (Å²) in [5.74, 6) is -0.175. The molecule has 0 saturated carbocycles. The number of ether oxygens (including phenoxy) is 1. The van der Waals surface area contributed by atoms with Gasteiger partial charge in [-0.25, -0.2) is 9.87 Å². The van der Waals surface area contributed by atoms with Gasteiger partial charge in [-0.05, 0) is 61.7 Å². The lowest BCUT2D eigenvalue weighted by atomic mass is 10.0. The molecule has 160 valence electrons. The van der Waals surface area contributed by atoms with Crippen LogP contribution in [0.15, 0.2) is 51.9 Å². The molecule has 4 rings (SSSR count). The number of aromatic nitrogens is 2. The van der Waals surface area contributed by atoms with Gasteiger partial charge in [-0.1, -0.05) is 39.7 Å². The molecule has 1 N–H and O–H groups in total. The highest BCUT2D eigenvalue weighted by Crippen LogP contribution is 2.30. The van der Waals surface area contributed by atoms with Gasteiger partial charge in [0.1, 0.15) is 0 Å². The van der Waals surface area contributed by atoms with Crippen LogP contribution in [0, 0.1) is 19.7 Å². The molecule has 2 aromatic carbocycles. The Kier molecular flexibility index (Phi) is 6.50. The summed E-state index contributed by atoms with van der Waals surface area (Å²) in [5.41, 5.74) is 6.36. The minimum Gasteiger partial charge on any atom is -0.434 e. The van der Waals surface area contributed by atoms with Crippen LogP contribution in [0.25, 0.3) is 0 Å². The van der Waals surface area contributed by atoms with Crippen molar-refractivity contribution in [1.82, 2.24) is 15.7 Å². The van der Waals surface area contributed by atoms with E-state index >= 15 is 0 Å². The molecule has 0 amide bonds. The predicted molar refractivity (Wildman–Crippen MR) is 120 cm³/mol. The molecule has 0 fully saturated rings. The van der Waals surface area contributed by atoms with Crippen molar-refractivity contribution in [2.24, 2.45) is 4.99 Å². The SMILES string of the molecule is Cc1cc(C2=NC(Cc3ccc(Br)cc3C)CON2)c(Oc2cccc(Cl)c2F)nn1. The first kappa shape index (κ1) is 21.7. The normalized spacial score (nSPS) is 15.9. The molecular formula is C22H19BrClFN4O2. The fourth-order valence-electron chi connectivity index (χ4n) is 3.21. The second-order valence-corrected chi connectivity index (χ2v) is 8.50. The first-order chi connectivity index (χ1) is 14.9. The summed E-state index contributed by atoms with van der Waals surface area (Å²) in [6.07, 6.45) is 0.709. The Hall–Kier alpha value is -2.55. The molecule has 6 nitrogen and oxygen atoms in total. The average molecular weight is 506 g/mol. The Balaban J connectivity index is 1.64. The first-order valence-electron chi connectivity index (χ1n) is 9.58. The number of benzene rings is 2. The standard InChI is InChI=1S/C22H19BrClFN4O2/c1-12-8-15(23)7-6-14(12)10-16-11-30-29-21(26-16)17-9-13(2)27-28-22(17)31-19-5-3-4-18(24)20(19)25/h3-9,16H,10-11H2,1-2H3,(H,26,29). The van der Waals surface area contributed by atoms with E-state index < -0.39 is 5.82 Å². The molecule has 9 heteroatoms. The molecule has 0 aliphatic carbocycles. The molecule has 1 atom stereocenters. The van der Waals surface area contributed by atoms with Crippen LogP contribution in [0.1, 0.15) is 22.4 Å². The zero-order valence-corrected chi connectivity index (χ0v) is 19.2. The maximum atomic E-state index is 14.3. The summed E-state index contributed by atoms with van der Waals surface area (Å²) in [5, 5.41) is 8.08. The number of amidine groups is 1. The molecule has 2 heterocycles. The molecule has 1 aromatic heterocycles. The second-order valence-electron chi connectivity index (χ2n) is 7.18. The molecule has 0 radical (unpaired) electrons. The number of aliphatic imine (C=N–C) groups is 1. The molecule has 1 aliphatic heterocycles. The van der Waals surface area contributed by atoms with E-state index in [0.29, 0.717) is 30.1 Å². The van der Waals surface area contributed by atoms with Crippen molar-refractivity contribution in [2.45, 2.75) is 26.3 Å². The third kappa shape index (κ3) is 5.03. The number of aryl methyl sites for hydroxylation is 2. The lowest BCUT2D eigenvalue weighted by molar-refractivity contribution is 0.0623. The van der Waals surface area contributed by atoms with Gasteiger partial charge in [0.2, 0.25) is 5.88 Å². The lowest BCUT2D eigenvalue weighted by Crippen LogP contribution is -2.37. The zero-order valence-electron chi connectivity index (χ0n) is 16.8. The number of hydrogen-bond acceptors (Lipinski definition) is 6. The molecular weight excluding hydrogens is 487 g/mol. The smallest absolute Gasteiger partial charge is 0.250 e. The molecule has 31 heavy (non-hydrogen) atoms. The molecule has 1 unspecified atom stereocenters. The molecule has 0 spiro atoms. The van der Waals surface area contributed by atoms with Gasteiger partial charge in [-0.2, -0.15) is 5.10 Å². The number of hydroxylamine groups is 1. The highest BCUT2D eigenvalue weighted by Gasteiger charge is 2.23. The Morgan fingerprint density at radius 3 is 2.87 bits per heavy atom. The number of nitrogens with zero attached hydrogens (tertiary/aromatic N) is 3. The molecule has 3 aromatic rings. The van der Waals surface area contributed by atoms with Crippen LogP contribution >= 0.6 is 27.5 Å².